The Kier molecular flexibility index (Phi) is 5.52. The predicted octanol–water partition coefficient (Wildman–Crippen LogP) is 2.91. The molecule has 0 bridgehead atoms. The van der Waals surface area contributed by atoms with Crippen molar-refractivity contribution in [3.8, 4) is 0 Å². The molecule has 2 unspecified atom stereocenters. The van der Waals surface area contributed by atoms with Gasteiger partial charge in [0.05, 0.1) is 0 Å². The topological polar surface area (TPSA) is 28.2 Å². The van der Waals surface area contributed by atoms with Crippen LogP contribution in [0, 0.1) is 0 Å². The van der Waals surface area contributed by atoms with Gasteiger partial charge in [-0.05, 0) is 37.6 Å². The maximum atomic E-state index is 4.57. The maximum Gasteiger partial charge on any atom is 0.129 e. The summed E-state index contributed by atoms with van der Waals surface area (Å²) < 4.78 is 0. The number of anilines is 1. The van der Waals surface area contributed by atoms with Crippen molar-refractivity contribution in [1.29, 1.82) is 0 Å². The highest BCUT2D eigenvalue weighted by Crippen LogP contribution is 2.28. The minimum atomic E-state index is 0.560. The Morgan fingerprint density at radius 2 is 2.32 bits per heavy atom. The molecule has 1 aliphatic heterocycles. The van der Waals surface area contributed by atoms with Crippen molar-refractivity contribution in [3.05, 3.63) is 23.9 Å². The fourth-order valence-corrected chi connectivity index (χ4v) is 3.49. The molecule has 106 valence electrons. The van der Waals surface area contributed by atoms with E-state index in [1.165, 1.54) is 17.7 Å². The molecule has 1 fully saturated rings. The number of hydrogen-bond acceptors (Lipinski definition) is 4. The molecule has 2 rings (SSSR count). The summed E-state index contributed by atoms with van der Waals surface area (Å²) in [7, 11) is 0. The molecule has 1 aromatic heterocycles. The van der Waals surface area contributed by atoms with Crippen LogP contribution in [0.15, 0.2) is 18.3 Å². The number of nitrogens with zero attached hydrogens (tertiary/aromatic N) is 2. The van der Waals surface area contributed by atoms with Gasteiger partial charge in [0, 0.05) is 36.3 Å². The molecule has 2 atom stereocenters. The van der Waals surface area contributed by atoms with Crippen LogP contribution in [0.25, 0.3) is 0 Å². The van der Waals surface area contributed by atoms with E-state index in [0.29, 0.717) is 11.3 Å². The first-order chi connectivity index (χ1) is 9.22. The summed E-state index contributed by atoms with van der Waals surface area (Å²) in [5, 5.41) is 4.13. The van der Waals surface area contributed by atoms with E-state index in [2.05, 4.69) is 59.9 Å². The molecular weight excluding hydrogens is 254 g/mol. The number of rotatable bonds is 5. The highest BCUT2D eigenvalue weighted by atomic mass is 32.2. The van der Waals surface area contributed by atoms with Crippen molar-refractivity contribution >= 4 is 17.6 Å². The third-order valence-electron chi connectivity index (χ3n) is 3.74. The van der Waals surface area contributed by atoms with Gasteiger partial charge in [-0.25, -0.2) is 4.98 Å². The van der Waals surface area contributed by atoms with Crippen molar-refractivity contribution in [2.75, 3.05) is 23.7 Å². The second-order valence-electron chi connectivity index (χ2n) is 5.21. The normalized spacial score (nSPS) is 23.6. The Morgan fingerprint density at radius 1 is 1.47 bits per heavy atom. The monoisotopic (exact) mass is 279 g/mol. The van der Waals surface area contributed by atoms with Crippen LogP contribution in [-0.2, 0) is 6.54 Å². The zero-order valence-corrected chi connectivity index (χ0v) is 13.0. The molecule has 1 aliphatic rings. The maximum absolute atomic E-state index is 4.57. The van der Waals surface area contributed by atoms with E-state index in [-0.39, 0.29) is 0 Å². The molecular formula is C15H25N3S. The number of hydrogen-bond donors (Lipinski definition) is 1. The van der Waals surface area contributed by atoms with Gasteiger partial charge in [0.1, 0.15) is 5.82 Å². The molecule has 4 heteroatoms. The molecule has 0 aromatic carbocycles. The molecule has 0 aliphatic carbocycles. The second kappa shape index (κ2) is 7.15. The van der Waals surface area contributed by atoms with Gasteiger partial charge < -0.3 is 10.2 Å². The average Bonchev–Trinajstić information content (AvgIpc) is 2.43. The predicted molar refractivity (Wildman–Crippen MR) is 85.0 cm³/mol. The molecule has 0 amide bonds. The quantitative estimate of drug-likeness (QED) is 0.839. The summed E-state index contributed by atoms with van der Waals surface area (Å²) in [4.78, 5) is 7.01. The van der Waals surface area contributed by atoms with Crippen molar-refractivity contribution in [2.24, 2.45) is 0 Å². The van der Waals surface area contributed by atoms with E-state index >= 15 is 0 Å². The highest BCUT2D eigenvalue weighted by Gasteiger charge is 2.26. The number of aromatic nitrogens is 1. The van der Waals surface area contributed by atoms with Crippen molar-refractivity contribution < 1.29 is 0 Å². The molecule has 3 nitrogen and oxygen atoms in total. The first kappa shape index (κ1) is 14.7. The van der Waals surface area contributed by atoms with Crippen molar-refractivity contribution in [2.45, 2.75) is 45.0 Å². The molecule has 0 saturated carbocycles. The van der Waals surface area contributed by atoms with E-state index in [1.54, 1.807) is 0 Å². The summed E-state index contributed by atoms with van der Waals surface area (Å²) in [6.45, 7) is 9.93. The van der Waals surface area contributed by atoms with Gasteiger partial charge in [0.15, 0.2) is 0 Å². The lowest BCUT2D eigenvalue weighted by molar-refractivity contribution is 0.618. The van der Waals surface area contributed by atoms with Gasteiger partial charge in [0.2, 0.25) is 0 Å². The Balaban J connectivity index is 2.05. The van der Waals surface area contributed by atoms with Crippen molar-refractivity contribution in [3.63, 3.8) is 0 Å². The lowest BCUT2D eigenvalue weighted by Gasteiger charge is -2.38. The zero-order valence-electron chi connectivity index (χ0n) is 12.2. The van der Waals surface area contributed by atoms with Gasteiger partial charge in [-0.1, -0.05) is 13.8 Å². The highest BCUT2D eigenvalue weighted by molar-refractivity contribution is 8.00. The SMILES string of the molecule is CCCNCc1ccnc(N2CCSC(C)C2C)c1. The average molecular weight is 279 g/mol. The smallest absolute Gasteiger partial charge is 0.129 e. The molecule has 19 heavy (non-hydrogen) atoms. The first-order valence-electron chi connectivity index (χ1n) is 7.26. The summed E-state index contributed by atoms with van der Waals surface area (Å²) in [5.41, 5.74) is 1.33. The van der Waals surface area contributed by atoms with E-state index in [9.17, 15) is 0 Å². The Morgan fingerprint density at radius 3 is 3.11 bits per heavy atom. The molecule has 1 saturated heterocycles. The number of thioether (sulfide) groups is 1. The fraction of sp³-hybridized carbons (Fsp3) is 0.667. The summed E-state index contributed by atoms with van der Waals surface area (Å²) in [6, 6.07) is 4.91. The molecule has 0 radical (unpaired) electrons. The van der Waals surface area contributed by atoms with Crippen molar-refractivity contribution in [1.82, 2.24) is 10.3 Å². The van der Waals surface area contributed by atoms with Crippen LogP contribution in [0.3, 0.4) is 0 Å². The van der Waals surface area contributed by atoms with Crippen LogP contribution in [0.1, 0.15) is 32.8 Å². The number of pyridine rings is 1. The van der Waals surface area contributed by atoms with Gasteiger partial charge >= 0.3 is 0 Å². The van der Waals surface area contributed by atoms with Crippen LogP contribution in [0.4, 0.5) is 5.82 Å². The third-order valence-corrected chi connectivity index (χ3v) is 5.08. The van der Waals surface area contributed by atoms with Gasteiger partial charge in [-0.3, -0.25) is 0 Å². The first-order valence-corrected chi connectivity index (χ1v) is 8.31. The molecule has 2 heterocycles. The van der Waals surface area contributed by atoms with E-state index in [0.717, 1.165) is 25.5 Å². The molecule has 0 spiro atoms. The van der Waals surface area contributed by atoms with E-state index < -0.39 is 0 Å². The summed E-state index contributed by atoms with van der Waals surface area (Å²) in [6.07, 6.45) is 3.12. The zero-order chi connectivity index (χ0) is 13.7. The summed E-state index contributed by atoms with van der Waals surface area (Å²) in [5.74, 6) is 2.33. The van der Waals surface area contributed by atoms with E-state index in [4.69, 9.17) is 0 Å². The van der Waals surface area contributed by atoms with Gasteiger partial charge in [0.25, 0.3) is 0 Å². The Labute approximate surface area is 121 Å². The Hall–Kier alpha value is -0.740. The minimum Gasteiger partial charge on any atom is -0.352 e. The second-order valence-corrected chi connectivity index (χ2v) is 6.69. The van der Waals surface area contributed by atoms with Gasteiger partial charge in [-0.2, -0.15) is 11.8 Å². The fourth-order valence-electron chi connectivity index (χ4n) is 2.39. The standard InChI is InChI=1S/C15H25N3S/c1-4-6-16-11-14-5-7-17-15(10-14)18-8-9-19-13(3)12(18)2/h5,7,10,12-13,16H,4,6,8-9,11H2,1-3H3. The van der Waals surface area contributed by atoms with Crippen LogP contribution < -0.4 is 10.2 Å². The van der Waals surface area contributed by atoms with Crippen LogP contribution in [0.2, 0.25) is 0 Å². The lowest BCUT2D eigenvalue weighted by atomic mass is 10.2. The van der Waals surface area contributed by atoms with Crippen LogP contribution in [-0.4, -0.2) is 35.1 Å². The van der Waals surface area contributed by atoms with Crippen LogP contribution in [0.5, 0.6) is 0 Å². The molecule has 1 N–H and O–H groups in total. The van der Waals surface area contributed by atoms with Crippen LogP contribution >= 0.6 is 11.8 Å². The summed E-state index contributed by atoms with van der Waals surface area (Å²) >= 11 is 2.06. The Bertz CT molecular complexity index is 397. The van der Waals surface area contributed by atoms with Gasteiger partial charge in [-0.15, -0.1) is 0 Å². The number of nitrogens with one attached hydrogen (secondary N) is 1. The lowest BCUT2D eigenvalue weighted by Crippen LogP contribution is -2.45. The third kappa shape index (κ3) is 3.86. The molecule has 1 aromatic rings. The largest absolute Gasteiger partial charge is 0.352 e. The minimum absolute atomic E-state index is 0.560. The van der Waals surface area contributed by atoms with E-state index in [1.807, 2.05) is 6.20 Å².